The van der Waals surface area contributed by atoms with Gasteiger partial charge in [0.05, 0.1) is 0 Å². The van der Waals surface area contributed by atoms with E-state index < -0.39 is 84.4 Å². The SMILES string of the molecule is Cc1cn(C2CC(N=[N+]=N)C(COC(=O)COCC(=O)OCC3OC(n4cc(C)c(=O)[nH]c4=O)CC3N=[N+]=N)O2)c(=O)[nH]c1=O. The van der Waals surface area contributed by atoms with Gasteiger partial charge in [0, 0.05) is 36.4 Å². The summed E-state index contributed by atoms with van der Waals surface area (Å²) < 4.78 is 29.2. The van der Waals surface area contributed by atoms with E-state index in [2.05, 4.69) is 30.0 Å². The van der Waals surface area contributed by atoms with E-state index in [1.54, 1.807) is 0 Å². The van der Waals surface area contributed by atoms with Crippen LogP contribution in [0.1, 0.15) is 36.4 Å². The highest BCUT2D eigenvalue weighted by atomic mass is 16.6. The summed E-state index contributed by atoms with van der Waals surface area (Å²) in [5.74, 6) is -1.71. The quantitative estimate of drug-likeness (QED) is 0.115. The third kappa shape index (κ3) is 8.05. The summed E-state index contributed by atoms with van der Waals surface area (Å²) in [5, 5.41) is 7.50. The number of hydrogen-bond donors (Lipinski definition) is 4. The van der Waals surface area contributed by atoms with Gasteiger partial charge in [-0.1, -0.05) is 0 Å². The van der Waals surface area contributed by atoms with Crippen LogP contribution in [0.5, 0.6) is 0 Å². The van der Waals surface area contributed by atoms with Gasteiger partial charge in [0.15, 0.2) is 12.1 Å². The molecule has 0 spiro atoms. The van der Waals surface area contributed by atoms with E-state index in [4.69, 9.17) is 34.7 Å². The van der Waals surface area contributed by atoms with Crippen LogP contribution in [0.2, 0.25) is 0 Å². The van der Waals surface area contributed by atoms with Crippen LogP contribution in [0.3, 0.4) is 0 Å². The molecular formula is C24H30N10O11+2. The molecular weight excluding hydrogens is 604 g/mol. The zero-order valence-corrected chi connectivity index (χ0v) is 24.0. The number of esters is 2. The van der Waals surface area contributed by atoms with Gasteiger partial charge in [-0.05, 0) is 13.8 Å². The maximum absolute atomic E-state index is 12.2. The van der Waals surface area contributed by atoms with Crippen molar-refractivity contribution in [3.05, 3.63) is 65.2 Å². The summed E-state index contributed by atoms with van der Waals surface area (Å²) in [5.41, 5.74) is 12.1. The van der Waals surface area contributed by atoms with Gasteiger partial charge in [0.1, 0.15) is 72.4 Å². The second-order valence-electron chi connectivity index (χ2n) is 10.1. The molecule has 2 aromatic heterocycles. The Morgan fingerprint density at radius 3 is 1.60 bits per heavy atom. The highest BCUT2D eigenvalue weighted by Crippen LogP contribution is 2.31. The number of ether oxygens (including phenoxy) is 5. The Labute approximate surface area is 250 Å². The lowest BCUT2D eigenvalue weighted by Crippen LogP contribution is -2.33. The van der Waals surface area contributed by atoms with Crippen molar-refractivity contribution in [3.63, 3.8) is 0 Å². The van der Waals surface area contributed by atoms with E-state index in [1.165, 1.54) is 35.4 Å². The molecule has 21 nitrogen and oxygen atoms in total. The van der Waals surface area contributed by atoms with Crippen molar-refractivity contribution in [2.45, 2.75) is 63.4 Å². The van der Waals surface area contributed by atoms with E-state index in [1.807, 2.05) is 0 Å². The number of nitrogens with one attached hydrogen (secondary N) is 4. The first-order valence-corrected chi connectivity index (χ1v) is 13.5. The molecule has 4 N–H and O–H groups in total. The molecule has 0 radical (unpaired) electrons. The highest BCUT2D eigenvalue weighted by molar-refractivity contribution is 5.73. The second-order valence-corrected chi connectivity index (χ2v) is 10.1. The fraction of sp³-hybridized carbons (Fsp3) is 0.583. The van der Waals surface area contributed by atoms with Crippen LogP contribution in [-0.4, -0.2) is 81.8 Å². The number of rotatable bonds is 12. The lowest BCUT2D eigenvalue weighted by atomic mass is 10.1. The average molecular weight is 635 g/mol. The van der Waals surface area contributed by atoms with Crippen molar-refractivity contribution in [3.8, 4) is 0 Å². The van der Waals surface area contributed by atoms with Crippen LogP contribution in [0, 0.1) is 24.9 Å². The zero-order valence-electron chi connectivity index (χ0n) is 24.0. The first kappa shape index (κ1) is 32.7. The molecule has 4 heterocycles. The Kier molecular flexibility index (Phi) is 10.6. The normalized spacial score (nSPS) is 24.0. The van der Waals surface area contributed by atoms with Crippen molar-refractivity contribution in [2.24, 2.45) is 10.2 Å². The van der Waals surface area contributed by atoms with Gasteiger partial charge in [-0.2, -0.15) is 0 Å². The van der Waals surface area contributed by atoms with Crippen molar-refractivity contribution >= 4 is 11.9 Å². The van der Waals surface area contributed by atoms with Gasteiger partial charge in [0.2, 0.25) is 9.82 Å². The Hall–Kier alpha value is -5.20. The molecule has 2 saturated heterocycles. The maximum Gasteiger partial charge on any atom is 0.332 e. The molecule has 0 amide bonds. The van der Waals surface area contributed by atoms with Gasteiger partial charge >= 0.3 is 23.3 Å². The van der Waals surface area contributed by atoms with Gasteiger partial charge in [0.25, 0.3) is 11.1 Å². The average Bonchev–Trinajstić information content (AvgIpc) is 3.58. The number of carbonyl (C=O) groups is 2. The summed E-state index contributed by atoms with van der Waals surface area (Å²) in [4.78, 5) is 82.5. The lowest BCUT2D eigenvalue weighted by molar-refractivity contribution is -0.160. The fourth-order valence-electron chi connectivity index (χ4n) is 4.71. The van der Waals surface area contributed by atoms with Gasteiger partial charge in [-0.15, -0.1) is 0 Å². The second kappa shape index (κ2) is 14.5. The number of hydrogen-bond acceptors (Lipinski definition) is 15. The zero-order chi connectivity index (χ0) is 32.7. The van der Waals surface area contributed by atoms with E-state index in [9.17, 15) is 28.8 Å². The molecule has 0 aliphatic carbocycles. The Balaban J connectivity index is 1.22. The summed E-state index contributed by atoms with van der Waals surface area (Å²) in [6.07, 6.45) is -0.553. The molecule has 0 saturated carbocycles. The first-order valence-electron chi connectivity index (χ1n) is 13.5. The summed E-state index contributed by atoms with van der Waals surface area (Å²) in [6.45, 7) is 1.13. The third-order valence-electron chi connectivity index (χ3n) is 6.99. The lowest BCUT2D eigenvalue weighted by Gasteiger charge is -2.16. The van der Waals surface area contributed by atoms with Crippen LogP contribution in [-0.2, 0) is 33.3 Å². The minimum atomic E-state index is -0.864. The largest absolute Gasteiger partial charge is 0.461 e. The minimum absolute atomic E-state index is 0.120. The van der Waals surface area contributed by atoms with Crippen LogP contribution in [0.4, 0.5) is 0 Å². The Morgan fingerprint density at radius 2 is 1.22 bits per heavy atom. The van der Waals surface area contributed by atoms with E-state index >= 15 is 0 Å². The molecule has 45 heavy (non-hydrogen) atoms. The van der Waals surface area contributed by atoms with Gasteiger partial charge in [-0.25, -0.2) is 19.2 Å². The summed E-state index contributed by atoms with van der Waals surface area (Å²) in [6, 6.07) is -1.45. The predicted molar refractivity (Wildman–Crippen MR) is 144 cm³/mol. The number of carbonyl (C=O) groups excluding carboxylic acids is 2. The molecule has 2 aliphatic heterocycles. The van der Waals surface area contributed by atoms with E-state index in [-0.39, 0.29) is 37.2 Å². The molecule has 2 fully saturated rings. The van der Waals surface area contributed by atoms with E-state index in [0.717, 1.165) is 0 Å². The molecule has 0 aromatic carbocycles. The van der Waals surface area contributed by atoms with Crippen LogP contribution < -0.4 is 32.3 Å². The molecule has 6 unspecified atom stereocenters. The Bertz CT molecular complexity index is 1640. The van der Waals surface area contributed by atoms with Gasteiger partial charge < -0.3 is 23.7 Å². The monoisotopic (exact) mass is 634 g/mol. The molecule has 6 atom stereocenters. The molecule has 0 bridgehead atoms. The highest BCUT2D eigenvalue weighted by Gasteiger charge is 2.42. The molecule has 240 valence electrons. The molecule has 21 heteroatoms. The third-order valence-corrected chi connectivity index (χ3v) is 6.99. The predicted octanol–water partition coefficient (Wildman–Crippen LogP) is -1.78. The van der Waals surface area contributed by atoms with Crippen molar-refractivity contribution in [1.29, 1.82) is 11.1 Å². The van der Waals surface area contributed by atoms with Crippen LogP contribution in [0.25, 0.3) is 0 Å². The van der Waals surface area contributed by atoms with Crippen LogP contribution >= 0.6 is 0 Å². The topological polar surface area (TPSA) is 291 Å². The number of aryl methyl sites for hydroxylation is 2. The number of H-pyrrole nitrogens is 2. The van der Waals surface area contributed by atoms with E-state index in [0.29, 0.717) is 0 Å². The summed E-state index contributed by atoms with van der Waals surface area (Å²) in [7, 11) is 0. The van der Waals surface area contributed by atoms with Crippen molar-refractivity contribution in [1.82, 2.24) is 28.9 Å². The van der Waals surface area contributed by atoms with Crippen LogP contribution in [0.15, 0.2) is 41.8 Å². The fourth-order valence-corrected chi connectivity index (χ4v) is 4.71. The summed E-state index contributed by atoms with van der Waals surface area (Å²) >= 11 is 0. The standard InChI is InChI=1S/C24H28N10O11/c1-11-5-33(23(39)27-21(11)37)17-3-13(29-31-25)15(44-17)7-42-19(35)9-41-10-20(36)43-8-16-14(30-32-26)4-18(45-16)34-6-12(2)22(38)28-24(34)40/h5-6,13-18,25-26H,3-4,7-10H2,1-2H3/p+2. The van der Waals surface area contributed by atoms with Crippen molar-refractivity contribution in [2.75, 3.05) is 26.4 Å². The number of nitrogens with zero attached hydrogens (tertiary/aromatic N) is 6. The molecule has 2 aliphatic rings. The minimum Gasteiger partial charge on any atom is -0.461 e. The molecule has 2 aromatic rings. The smallest absolute Gasteiger partial charge is 0.332 e. The van der Waals surface area contributed by atoms with Crippen molar-refractivity contribution < 1.29 is 33.3 Å². The molecule has 4 rings (SSSR count). The number of aromatic nitrogens is 4. The number of aromatic amines is 2. The first-order chi connectivity index (χ1) is 21.5. The Morgan fingerprint density at radius 1 is 0.822 bits per heavy atom. The maximum atomic E-state index is 12.2. The van der Waals surface area contributed by atoms with Gasteiger partial charge in [-0.3, -0.25) is 28.7 Å².